The minimum atomic E-state index is -0.348. The van der Waals surface area contributed by atoms with E-state index in [-0.39, 0.29) is 31.5 Å². The molecule has 2 fully saturated rings. The van der Waals surface area contributed by atoms with E-state index in [1.807, 2.05) is 0 Å². The van der Waals surface area contributed by atoms with Crippen molar-refractivity contribution >= 4 is 43.5 Å². The van der Waals surface area contributed by atoms with E-state index in [0.717, 1.165) is 19.3 Å². The minimum Gasteiger partial charge on any atom is -0.392 e. The summed E-state index contributed by atoms with van der Waals surface area (Å²) in [7, 11) is 0. The second-order valence-electron chi connectivity index (χ2n) is 7.03. The van der Waals surface area contributed by atoms with Crippen LogP contribution in [-0.4, -0.2) is 25.7 Å². The summed E-state index contributed by atoms with van der Waals surface area (Å²) in [6, 6.07) is 0. The molecule has 0 aromatic carbocycles. The summed E-state index contributed by atoms with van der Waals surface area (Å²) in [5, 5.41) is 10.3. The molecule has 0 amide bonds. The molecule has 110 valence electrons. The molecule has 0 heterocycles. The molecule has 0 saturated heterocycles. The molecule has 1 spiro atoms. The fourth-order valence-corrected chi connectivity index (χ4v) is 5.25. The van der Waals surface area contributed by atoms with Gasteiger partial charge in [-0.05, 0) is 43.4 Å². The summed E-state index contributed by atoms with van der Waals surface area (Å²) >= 11 is 14.1. The van der Waals surface area contributed by atoms with E-state index in [4.69, 9.17) is 11.6 Å². The number of alkyl halides is 3. The van der Waals surface area contributed by atoms with Crippen molar-refractivity contribution in [3.8, 4) is 0 Å². The average Bonchev–Trinajstić information content (AvgIpc) is 2.29. The zero-order valence-electron chi connectivity index (χ0n) is 11.8. The Balaban J connectivity index is 2.39. The van der Waals surface area contributed by atoms with Crippen LogP contribution in [0.1, 0.15) is 46.5 Å². The predicted molar refractivity (Wildman–Crippen MR) is 89.5 cm³/mol. The van der Waals surface area contributed by atoms with E-state index in [2.05, 4.69) is 59.2 Å². The minimum absolute atomic E-state index is 0.00797. The summed E-state index contributed by atoms with van der Waals surface area (Å²) in [4.78, 5) is 0.0917. The lowest BCUT2D eigenvalue weighted by Gasteiger charge is -2.60. The van der Waals surface area contributed by atoms with E-state index < -0.39 is 0 Å². The highest BCUT2D eigenvalue weighted by molar-refractivity contribution is 9.10. The molecule has 2 rings (SSSR count). The summed E-state index contributed by atoms with van der Waals surface area (Å²) < 4.78 is 0.00797. The first-order valence-corrected chi connectivity index (χ1v) is 9.02. The molecular weight excluding hydrogens is 391 g/mol. The molecule has 2 saturated carbocycles. The van der Waals surface area contributed by atoms with Crippen LogP contribution in [0.2, 0.25) is 0 Å². The van der Waals surface area contributed by atoms with Gasteiger partial charge in [-0.1, -0.05) is 57.9 Å². The zero-order valence-corrected chi connectivity index (χ0v) is 15.8. The molecule has 1 nitrogen and oxygen atoms in total. The summed E-state index contributed by atoms with van der Waals surface area (Å²) in [6.07, 6.45) is 3.39. The number of aliphatic hydroxyl groups is 1. The van der Waals surface area contributed by atoms with Gasteiger partial charge in [0.2, 0.25) is 0 Å². The topological polar surface area (TPSA) is 20.2 Å². The van der Waals surface area contributed by atoms with Crippen LogP contribution in [-0.2, 0) is 0 Å². The number of aliphatic hydroxyl groups excluding tert-OH is 1. The molecule has 0 aliphatic heterocycles. The van der Waals surface area contributed by atoms with Gasteiger partial charge in [-0.2, -0.15) is 0 Å². The monoisotopic (exact) mass is 412 g/mol. The third kappa shape index (κ3) is 2.37. The van der Waals surface area contributed by atoms with Gasteiger partial charge in [-0.25, -0.2) is 0 Å². The molecule has 0 aromatic heterocycles. The number of rotatable bonds is 0. The van der Waals surface area contributed by atoms with Gasteiger partial charge in [-0.3, -0.25) is 0 Å². The second kappa shape index (κ2) is 5.00. The number of halogens is 3. The van der Waals surface area contributed by atoms with Crippen LogP contribution >= 0.6 is 43.5 Å². The molecule has 0 bridgehead atoms. The molecule has 5 atom stereocenters. The highest BCUT2D eigenvalue weighted by Gasteiger charge is 2.59. The standard InChI is InChI=1S/C15H23Br2ClO/c1-9-7-10(19)12(16)13(2,3)15(9)6-5-14(4,17)11(18)8-15/h10-12,19H,1,5-8H2,2-4H3/t10-,11+,12-,14+,15+/m1/s1. The van der Waals surface area contributed by atoms with E-state index in [1.165, 1.54) is 5.57 Å². The van der Waals surface area contributed by atoms with E-state index in [0.29, 0.717) is 6.42 Å². The maximum atomic E-state index is 10.2. The largest absolute Gasteiger partial charge is 0.392 e. The van der Waals surface area contributed by atoms with Crippen LogP contribution < -0.4 is 0 Å². The highest BCUT2D eigenvalue weighted by atomic mass is 79.9. The molecule has 0 aromatic rings. The first kappa shape index (κ1) is 16.3. The lowest BCUT2D eigenvalue weighted by molar-refractivity contribution is -0.0175. The van der Waals surface area contributed by atoms with Gasteiger partial charge < -0.3 is 5.11 Å². The van der Waals surface area contributed by atoms with Gasteiger partial charge in [0.05, 0.1) is 6.10 Å². The average molecular weight is 415 g/mol. The molecule has 0 unspecified atom stereocenters. The Kier molecular flexibility index (Phi) is 4.29. The smallest absolute Gasteiger partial charge is 0.0707 e. The fraction of sp³-hybridized carbons (Fsp3) is 0.867. The van der Waals surface area contributed by atoms with Crippen LogP contribution in [0.5, 0.6) is 0 Å². The Bertz CT molecular complexity index is 394. The number of hydrogen-bond donors (Lipinski definition) is 1. The lowest BCUT2D eigenvalue weighted by Crippen LogP contribution is -2.58. The quantitative estimate of drug-likeness (QED) is 0.435. The maximum absolute atomic E-state index is 10.2. The lowest BCUT2D eigenvalue weighted by atomic mass is 9.49. The Morgan fingerprint density at radius 3 is 2.42 bits per heavy atom. The molecule has 2 aliphatic carbocycles. The van der Waals surface area contributed by atoms with Crippen molar-refractivity contribution in [1.82, 2.24) is 0 Å². The van der Waals surface area contributed by atoms with Gasteiger partial charge in [0.15, 0.2) is 0 Å². The zero-order chi connectivity index (χ0) is 14.6. The highest BCUT2D eigenvalue weighted by Crippen LogP contribution is 2.64. The van der Waals surface area contributed by atoms with Crippen LogP contribution in [0.4, 0.5) is 0 Å². The molecule has 0 radical (unpaired) electrons. The molecule has 1 N–H and O–H groups in total. The van der Waals surface area contributed by atoms with Crippen molar-refractivity contribution in [2.24, 2.45) is 10.8 Å². The van der Waals surface area contributed by atoms with Crippen molar-refractivity contribution < 1.29 is 5.11 Å². The second-order valence-corrected chi connectivity index (χ2v) is 10.4. The normalized spacial score (nSPS) is 50.5. The third-order valence-electron chi connectivity index (χ3n) is 5.61. The predicted octanol–water partition coefficient (Wildman–Crippen LogP) is 5.03. The Hall–Kier alpha value is 0.950. The molecular formula is C15H23Br2ClO. The van der Waals surface area contributed by atoms with Gasteiger partial charge >= 0.3 is 0 Å². The van der Waals surface area contributed by atoms with E-state index in [9.17, 15) is 5.11 Å². The fourth-order valence-electron chi connectivity index (χ4n) is 3.89. The van der Waals surface area contributed by atoms with Gasteiger partial charge in [0.25, 0.3) is 0 Å². The van der Waals surface area contributed by atoms with Crippen LogP contribution in [0.15, 0.2) is 12.2 Å². The van der Waals surface area contributed by atoms with Crippen molar-refractivity contribution in [2.75, 3.05) is 0 Å². The van der Waals surface area contributed by atoms with Crippen LogP contribution in [0, 0.1) is 10.8 Å². The Morgan fingerprint density at radius 2 is 1.89 bits per heavy atom. The van der Waals surface area contributed by atoms with Gasteiger partial charge in [-0.15, -0.1) is 11.6 Å². The maximum Gasteiger partial charge on any atom is 0.0707 e. The first-order valence-electron chi connectivity index (χ1n) is 6.88. The van der Waals surface area contributed by atoms with Crippen molar-refractivity contribution in [3.63, 3.8) is 0 Å². The van der Waals surface area contributed by atoms with Gasteiger partial charge in [0.1, 0.15) is 0 Å². The SMILES string of the molecule is C=C1C[C@@H](O)[C@@H](Br)C(C)(C)[C@]12CC[C@](C)(Br)[C@@H](Cl)C2. The van der Waals surface area contributed by atoms with E-state index in [1.54, 1.807) is 0 Å². The van der Waals surface area contributed by atoms with Gasteiger partial charge in [0, 0.05) is 14.5 Å². The first-order chi connectivity index (χ1) is 8.54. The van der Waals surface area contributed by atoms with Crippen LogP contribution in [0.25, 0.3) is 0 Å². The summed E-state index contributed by atoms with van der Waals surface area (Å²) in [6.45, 7) is 10.9. The summed E-state index contributed by atoms with van der Waals surface area (Å²) in [5.74, 6) is 0. The van der Waals surface area contributed by atoms with Crippen molar-refractivity contribution in [1.29, 1.82) is 0 Å². The van der Waals surface area contributed by atoms with Crippen molar-refractivity contribution in [2.45, 2.75) is 67.1 Å². The van der Waals surface area contributed by atoms with Crippen LogP contribution in [0.3, 0.4) is 0 Å². The summed E-state index contributed by atoms with van der Waals surface area (Å²) in [5.41, 5.74) is 1.16. The number of hydrogen-bond acceptors (Lipinski definition) is 1. The molecule has 19 heavy (non-hydrogen) atoms. The Morgan fingerprint density at radius 1 is 1.32 bits per heavy atom. The molecule has 4 heteroatoms. The Labute approximate surface area is 138 Å². The third-order valence-corrected chi connectivity index (χ3v) is 9.22. The van der Waals surface area contributed by atoms with Crippen molar-refractivity contribution in [3.05, 3.63) is 12.2 Å². The molecule has 2 aliphatic rings. The van der Waals surface area contributed by atoms with E-state index >= 15 is 0 Å².